The van der Waals surface area contributed by atoms with Crippen LogP contribution in [0.5, 0.6) is 0 Å². The first-order valence-corrected chi connectivity index (χ1v) is 6.89. The first kappa shape index (κ1) is 16.7. The number of carbonyl (C=O) groups excluding carboxylic acids is 1. The molecule has 0 aliphatic carbocycles. The summed E-state index contributed by atoms with van der Waals surface area (Å²) in [4.78, 5) is 14.0. The highest BCUT2D eigenvalue weighted by molar-refractivity contribution is 5.93. The van der Waals surface area contributed by atoms with E-state index in [1.54, 1.807) is 18.5 Å². The largest absolute Gasteiger partial charge is 0.389 e. The number of nitrogens with one attached hydrogen (secondary N) is 1. The van der Waals surface area contributed by atoms with E-state index in [1.807, 2.05) is 32.7 Å². The van der Waals surface area contributed by atoms with Crippen molar-refractivity contribution in [3.8, 4) is 0 Å². The summed E-state index contributed by atoms with van der Waals surface area (Å²) in [6, 6.07) is 0. The van der Waals surface area contributed by atoms with Crippen molar-refractivity contribution in [3.63, 3.8) is 0 Å². The average Bonchev–Trinajstić information content (AvgIpc) is 2.53. The van der Waals surface area contributed by atoms with Gasteiger partial charge in [0.1, 0.15) is 0 Å². The van der Waals surface area contributed by atoms with Gasteiger partial charge in [0.15, 0.2) is 0 Å². The van der Waals surface area contributed by atoms with Crippen molar-refractivity contribution < 1.29 is 9.90 Å². The summed E-state index contributed by atoms with van der Waals surface area (Å²) in [7, 11) is 1.85. The zero-order valence-corrected chi connectivity index (χ0v) is 13.3. The SMILES string of the molecule is CCN(CC(=O)Nc1c(C)nn(C)c1C)CC(C)(C)O. The lowest BCUT2D eigenvalue weighted by molar-refractivity contribution is -0.117. The summed E-state index contributed by atoms with van der Waals surface area (Å²) in [6.07, 6.45) is 0. The zero-order valence-electron chi connectivity index (χ0n) is 13.3. The van der Waals surface area contributed by atoms with Gasteiger partial charge < -0.3 is 10.4 Å². The predicted molar refractivity (Wildman–Crippen MR) is 79.7 cm³/mol. The Hall–Kier alpha value is -1.40. The Balaban J connectivity index is 2.67. The smallest absolute Gasteiger partial charge is 0.238 e. The van der Waals surface area contributed by atoms with Gasteiger partial charge in [0.2, 0.25) is 5.91 Å². The topological polar surface area (TPSA) is 70.4 Å². The highest BCUT2D eigenvalue weighted by Crippen LogP contribution is 2.18. The van der Waals surface area contributed by atoms with Gasteiger partial charge in [-0.05, 0) is 34.2 Å². The van der Waals surface area contributed by atoms with Gasteiger partial charge in [0, 0.05) is 13.6 Å². The van der Waals surface area contributed by atoms with E-state index in [-0.39, 0.29) is 12.5 Å². The summed E-state index contributed by atoms with van der Waals surface area (Å²) >= 11 is 0. The monoisotopic (exact) mass is 282 g/mol. The van der Waals surface area contributed by atoms with Crippen LogP contribution in [-0.2, 0) is 11.8 Å². The molecule has 0 unspecified atom stereocenters. The third-order valence-corrected chi connectivity index (χ3v) is 3.20. The standard InChI is InChI=1S/C14H26N4O2/c1-7-18(9-14(4,5)20)8-12(19)15-13-10(2)16-17(6)11(13)3/h20H,7-9H2,1-6H3,(H,15,19). The van der Waals surface area contributed by atoms with Crippen LogP contribution in [0.3, 0.4) is 0 Å². The number of rotatable bonds is 6. The fraction of sp³-hybridized carbons (Fsp3) is 0.714. The van der Waals surface area contributed by atoms with Gasteiger partial charge in [-0.3, -0.25) is 14.4 Å². The number of hydrogen-bond acceptors (Lipinski definition) is 4. The Morgan fingerprint density at radius 1 is 1.45 bits per heavy atom. The van der Waals surface area contributed by atoms with E-state index >= 15 is 0 Å². The Morgan fingerprint density at radius 2 is 2.05 bits per heavy atom. The Kier molecular flexibility index (Phi) is 5.30. The lowest BCUT2D eigenvalue weighted by Gasteiger charge is -2.27. The molecular weight excluding hydrogens is 256 g/mol. The van der Waals surface area contributed by atoms with Crippen molar-refractivity contribution in [2.24, 2.45) is 7.05 Å². The minimum Gasteiger partial charge on any atom is -0.389 e. The van der Waals surface area contributed by atoms with Crippen LogP contribution >= 0.6 is 0 Å². The Bertz CT molecular complexity index is 474. The van der Waals surface area contributed by atoms with Gasteiger partial charge in [-0.25, -0.2) is 0 Å². The Labute approximate surface area is 120 Å². The van der Waals surface area contributed by atoms with Crippen molar-refractivity contribution in [1.82, 2.24) is 14.7 Å². The molecule has 1 amide bonds. The van der Waals surface area contributed by atoms with E-state index < -0.39 is 5.60 Å². The lowest BCUT2D eigenvalue weighted by Crippen LogP contribution is -2.42. The predicted octanol–water partition coefficient (Wildman–Crippen LogP) is 1.07. The van der Waals surface area contributed by atoms with Crippen molar-refractivity contribution >= 4 is 11.6 Å². The molecule has 6 nitrogen and oxygen atoms in total. The van der Waals surface area contributed by atoms with E-state index in [0.29, 0.717) is 13.1 Å². The molecule has 2 N–H and O–H groups in total. The van der Waals surface area contributed by atoms with Gasteiger partial charge in [-0.1, -0.05) is 6.92 Å². The van der Waals surface area contributed by atoms with Crippen LogP contribution in [0.25, 0.3) is 0 Å². The maximum absolute atomic E-state index is 12.1. The molecule has 0 aliphatic heterocycles. The second-order valence-corrected chi connectivity index (χ2v) is 5.83. The highest BCUT2D eigenvalue weighted by atomic mass is 16.3. The fourth-order valence-electron chi connectivity index (χ4n) is 2.16. The van der Waals surface area contributed by atoms with Crippen LogP contribution in [0.1, 0.15) is 32.2 Å². The van der Waals surface area contributed by atoms with Crippen molar-refractivity contribution in [3.05, 3.63) is 11.4 Å². The first-order chi connectivity index (χ1) is 9.14. The van der Waals surface area contributed by atoms with Gasteiger partial charge >= 0.3 is 0 Å². The lowest BCUT2D eigenvalue weighted by atomic mass is 10.1. The molecule has 1 heterocycles. The number of nitrogens with zero attached hydrogens (tertiary/aromatic N) is 3. The summed E-state index contributed by atoms with van der Waals surface area (Å²) in [6.45, 7) is 10.7. The van der Waals surface area contributed by atoms with E-state index in [4.69, 9.17) is 0 Å². The van der Waals surface area contributed by atoms with Crippen molar-refractivity contribution in [2.45, 2.75) is 40.2 Å². The molecule has 0 bridgehead atoms. The number of carbonyl (C=O) groups is 1. The molecule has 0 aromatic carbocycles. The summed E-state index contributed by atoms with van der Waals surface area (Å²) in [5.74, 6) is -0.0877. The number of aryl methyl sites for hydroxylation is 2. The molecule has 0 spiro atoms. The minimum atomic E-state index is -0.809. The van der Waals surface area contributed by atoms with Gasteiger partial charge in [0.05, 0.1) is 29.2 Å². The summed E-state index contributed by atoms with van der Waals surface area (Å²) in [5.41, 5.74) is 1.71. The molecule has 20 heavy (non-hydrogen) atoms. The van der Waals surface area contributed by atoms with Crippen LogP contribution in [0.2, 0.25) is 0 Å². The maximum atomic E-state index is 12.1. The number of anilines is 1. The number of aromatic nitrogens is 2. The molecular formula is C14H26N4O2. The van der Waals surface area contributed by atoms with Crippen molar-refractivity contribution in [2.75, 3.05) is 25.0 Å². The summed E-state index contributed by atoms with van der Waals surface area (Å²) < 4.78 is 1.75. The van der Waals surface area contributed by atoms with Crippen LogP contribution in [0, 0.1) is 13.8 Å². The van der Waals surface area contributed by atoms with Crippen LogP contribution in [0.15, 0.2) is 0 Å². The van der Waals surface area contributed by atoms with Gasteiger partial charge in [0.25, 0.3) is 0 Å². The second kappa shape index (κ2) is 6.37. The molecule has 1 aromatic rings. The van der Waals surface area contributed by atoms with Crippen molar-refractivity contribution in [1.29, 1.82) is 0 Å². The zero-order chi connectivity index (χ0) is 15.5. The van der Waals surface area contributed by atoms with Crippen LogP contribution in [-0.4, -0.2) is 50.9 Å². The minimum absolute atomic E-state index is 0.0877. The fourth-order valence-corrected chi connectivity index (χ4v) is 2.16. The molecule has 0 saturated heterocycles. The molecule has 0 fully saturated rings. The number of hydrogen-bond donors (Lipinski definition) is 2. The molecule has 0 atom stereocenters. The first-order valence-electron chi connectivity index (χ1n) is 6.89. The number of amides is 1. The van der Waals surface area contributed by atoms with Gasteiger partial charge in [-0.15, -0.1) is 0 Å². The van der Waals surface area contributed by atoms with E-state index in [0.717, 1.165) is 17.1 Å². The summed E-state index contributed by atoms with van der Waals surface area (Å²) in [5, 5.41) is 17.0. The third-order valence-electron chi connectivity index (χ3n) is 3.20. The van der Waals surface area contributed by atoms with Crippen LogP contribution < -0.4 is 5.32 Å². The molecule has 6 heteroatoms. The quantitative estimate of drug-likeness (QED) is 0.819. The molecule has 114 valence electrons. The normalized spacial score (nSPS) is 12.0. The van der Waals surface area contributed by atoms with Gasteiger partial charge in [-0.2, -0.15) is 5.10 Å². The second-order valence-electron chi connectivity index (χ2n) is 5.83. The molecule has 1 aromatic heterocycles. The number of aliphatic hydroxyl groups is 1. The molecule has 0 radical (unpaired) electrons. The van der Waals surface area contributed by atoms with Crippen LogP contribution in [0.4, 0.5) is 5.69 Å². The van der Waals surface area contributed by atoms with E-state index in [2.05, 4.69) is 10.4 Å². The van der Waals surface area contributed by atoms with E-state index in [1.165, 1.54) is 0 Å². The number of likely N-dealkylation sites (N-methyl/N-ethyl adjacent to an activating group) is 1. The third kappa shape index (κ3) is 4.61. The molecule has 0 aliphatic rings. The average molecular weight is 282 g/mol. The van der Waals surface area contributed by atoms with E-state index in [9.17, 15) is 9.90 Å². The highest BCUT2D eigenvalue weighted by Gasteiger charge is 2.20. The molecule has 0 saturated carbocycles. The molecule has 1 rings (SSSR count). The maximum Gasteiger partial charge on any atom is 0.238 e. The Morgan fingerprint density at radius 3 is 2.45 bits per heavy atom.